The van der Waals surface area contributed by atoms with Gasteiger partial charge in [0.15, 0.2) is 6.04 Å². The van der Waals surface area contributed by atoms with E-state index in [4.69, 9.17) is 13.8 Å². The normalized spacial score (nSPS) is 14.4. The van der Waals surface area contributed by atoms with Crippen molar-refractivity contribution >= 4 is 25.7 Å². The first kappa shape index (κ1) is 51.2. The monoisotopic (exact) mass is 781 g/mol. The number of phosphoric ester groups is 1. The molecular formula is C42H72NO10P. The summed E-state index contributed by atoms with van der Waals surface area (Å²) < 4.78 is 26.8. The van der Waals surface area contributed by atoms with Crippen molar-refractivity contribution in [2.75, 3.05) is 19.8 Å². The van der Waals surface area contributed by atoms with Gasteiger partial charge in [0.1, 0.15) is 12.7 Å². The minimum absolute atomic E-state index is 0.131. The molecule has 11 nitrogen and oxygen atoms in total. The minimum atomic E-state index is -4.76. The number of carbonyl (C=O) groups is 3. The third-order valence-corrected chi connectivity index (χ3v) is 9.22. The molecule has 0 aliphatic carbocycles. The third kappa shape index (κ3) is 36.2. The Morgan fingerprint density at radius 2 is 1.07 bits per heavy atom. The van der Waals surface area contributed by atoms with Crippen LogP contribution in [0.1, 0.15) is 155 Å². The number of nitrogens with one attached hydrogen (secondary N) is 1. The van der Waals surface area contributed by atoms with E-state index in [2.05, 4.69) is 79.9 Å². The van der Waals surface area contributed by atoms with Crippen LogP contribution in [0.3, 0.4) is 0 Å². The Labute approximate surface area is 326 Å². The second-order valence-corrected chi connectivity index (χ2v) is 14.9. The number of hydrogen-bond acceptors (Lipinski definition) is 8. The van der Waals surface area contributed by atoms with Crippen molar-refractivity contribution in [3.05, 3.63) is 60.8 Å². The molecule has 0 bridgehead atoms. The van der Waals surface area contributed by atoms with Crippen LogP contribution in [0, 0.1) is 0 Å². The number of allylic oxidation sites excluding steroid dienone is 10. The number of rotatable bonds is 37. The molecule has 54 heavy (non-hydrogen) atoms. The number of aliphatic carboxylic acids is 1. The average Bonchev–Trinajstić information content (AvgIpc) is 3.14. The zero-order valence-corrected chi connectivity index (χ0v) is 34.1. The van der Waals surface area contributed by atoms with Crippen LogP contribution in [0.15, 0.2) is 60.8 Å². The molecule has 0 aromatic rings. The Balaban J connectivity index is 3.98. The molecule has 310 valence electrons. The first-order valence-electron chi connectivity index (χ1n) is 20.3. The number of unbranched alkanes of at least 4 members (excludes halogenated alkanes) is 13. The number of esters is 1. The molecule has 12 heteroatoms. The van der Waals surface area contributed by atoms with E-state index in [9.17, 15) is 34.1 Å². The van der Waals surface area contributed by atoms with E-state index in [0.717, 1.165) is 109 Å². The summed E-state index contributed by atoms with van der Waals surface area (Å²) in [7, 11) is -4.76. The van der Waals surface area contributed by atoms with Gasteiger partial charge in [-0.2, -0.15) is 0 Å². The van der Waals surface area contributed by atoms with Crippen LogP contribution in [0.4, 0.5) is 0 Å². The molecule has 4 N–H and O–H groups in total. The van der Waals surface area contributed by atoms with E-state index in [1.165, 1.54) is 6.42 Å². The van der Waals surface area contributed by atoms with Crippen LogP contribution < -0.4 is 5.32 Å². The number of carbonyl (C=O) groups excluding carboxylic acids is 2. The Morgan fingerprint density at radius 3 is 1.61 bits per heavy atom. The fraction of sp³-hybridized carbons (Fsp3) is 0.690. The average molecular weight is 782 g/mol. The van der Waals surface area contributed by atoms with E-state index in [0.29, 0.717) is 12.8 Å². The van der Waals surface area contributed by atoms with Crippen LogP contribution in [0.25, 0.3) is 0 Å². The predicted molar refractivity (Wildman–Crippen MR) is 217 cm³/mol. The van der Waals surface area contributed by atoms with Crippen LogP contribution in [-0.2, 0) is 32.7 Å². The van der Waals surface area contributed by atoms with Crippen LogP contribution in [0.5, 0.6) is 0 Å². The SMILES string of the molecule is CC/C=C\C/C=C\C/C=C\CCCCCCCCCC(=O)NC(COP(=O)(O)OCC(O)COC(=O)CCCCCCC/C=C\C/C=C\CCC)C(=O)O. The Morgan fingerprint density at radius 1 is 0.611 bits per heavy atom. The van der Waals surface area contributed by atoms with Gasteiger partial charge in [0.05, 0.1) is 13.2 Å². The predicted octanol–water partition coefficient (Wildman–Crippen LogP) is 10.00. The number of hydrogen-bond donors (Lipinski definition) is 4. The van der Waals surface area contributed by atoms with Crippen LogP contribution >= 0.6 is 7.82 Å². The number of carboxylic acids is 1. The standard InChI is InChI=1S/C42H72NO10P/c1-3-5-7-9-11-13-15-17-18-19-20-22-23-25-27-29-31-33-40(45)43-39(42(47)48)37-53-54(49,50)52-36-38(44)35-51-41(46)34-32-30-28-26-24-21-16-14-12-10-8-6-4-2/h5,7-8,10-11,13-14,16-18,38-39,44H,3-4,6,9,12,15,19-37H2,1-2H3,(H,43,45)(H,47,48)(H,49,50)/b7-5-,10-8-,13-11-,16-14-,18-17-. The van der Waals surface area contributed by atoms with E-state index < -0.39 is 57.6 Å². The lowest BCUT2D eigenvalue weighted by molar-refractivity contribution is -0.147. The maximum absolute atomic E-state index is 12.3. The summed E-state index contributed by atoms with van der Waals surface area (Å²) in [5, 5.41) is 21.8. The van der Waals surface area contributed by atoms with E-state index in [1.807, 2.05) is 0 Å². The quantitative estimate of drug-likeness (QED) is 0.0206. The first-order chi connectivity index (χ1) is 26.1. The molecule has 0 aliphatic heterocycles. The highest BCUT2D eigenvalue weighted by molar-refractivity contribution is 7.47. The van der Waals surface area contributed by atoms with Gasteiger partial charge in [0.2, 0.25) is 5.91 Å². The Kier molecular flexibility index (Phi) is 35.2. The number of amides is 1. The third-order valence-electron chi connectivity index (χ3n) is 8.27. The summed E-state index contributed by atoms with van der Waals surface area (Å²) in [5.74, 6) is -2.41. The van der Waals surface area contributed by atoms with Crippen LogP contribution in [0.2, 0.25) is 0 Å². The smallest absolute Gasteiger partial charge is 0.472 e. The van der Waals surface area contributed by atoms with Crippen molar-refractivity contribution in [2.24, 2.45) is 0 Å². The number of aliphatic hydroxyl groups is 1. The van der Waals surface area contributed by atoms with E-state index in [1.54, 1.807) is 0 Å². The van der Waals surface area contributed by atoms with Gasteiger partial charge in [-0.25, -0.2) is 9.36 Å². The summed E-state index contributed by atoms with van der Waals surface area (Å²) in [5.41, 5.74) is 0. The number of aliphatic hydroxyl groups excluding tert-OH is 1. The number of ether oxygens (including phenoxy) is 1. The maximum atomic E-state index is 12.3. The molecule has 0 saturated carbocycles. The topological polar surface area (TPSA) is 169 Å². The van der Waals surface area contributed by atoms with Crippen molar-refractivity contribution in [3.8, 4) is 0 Å². The zero-order chi connectivity index (χ0) is 40.0. The van der Waals surface area contributed by atoms with Gasteiger partial charge in [-0.1, -0.05) is 132 Å². The lowest BCUT2D eigenvalue weighted by atomic mass is 10.1. The maximum Gasteiger partial charge on any atom is 0.472 e. The van der Waals surface area contributed by atoms with Crippen molar-refractivity contribution < 1.29 is 47.8 Å². The molecule has 0 aromatic heterocycles. The molecule has 0 aliphatic rings. The van der Waals surface area contributed by atoms with Gasteiger partial charge in [-0.3, -0.25) is 18.6 Å². The molecule has 0 radical (unpaired) electrons. The highest BCUT2D eigenvalue weighted by atomic mass is 31.2. The van der Waals surface area contributed by atoms with E-state index in [-0.39, 0.29) is 12.8 Å². The summed E-state index contributed by atoms with van der Waals surface area (Å²) in [6, 6.07) is -1.56. The largest absolute Gasteiger partial charge is 0.480 e. The molecule has 0 rings (SSSR count). The summed E-state index contributed by atoms with van der Waals surface area (Å²) >= 11 is 0. The van der Waals surface area contributed by atoms with Gasteiger partial charge in [0.25, 0.3) is 0 Å². The number of carboxylic acid groups (broad SMARTS) is 1. The second kappa shape index (κ2) is 37.1. The Hall–Kier alpha value is -2.82. The highest BCUT2D eigenvalue weighted by Gasteiger charge is 2.28. The number of phosphoric acid groups is 1. The van der Waals surface area contributed by atoms with Gasteiger partial charge in [-0.15, -0.1) is 0 Å². The van der Waals surface area contributed by atoms with Gasteiger partial charge in [-0.05, 0) is 70.6 Å². The van der Waals surface area contributed by atoms with Gasteiger partial charge < -0.3 is 25.2 Å². The van der Waals surface area contributed by atoms with Crippen molar-refractivity contribution in [3.63, 3.8) is 0 Å². The van der Waals surface area contributed by atoms with Crippen molar-refractivity contribution in [1.82, 2.24) is 5.32 Å². The summed E-state index contributed by atoms with van der Waals surface area (Å²) in [4.78, 5) is 45.8. The summed E-state index contributed by atoms with van der Waals surface area (Å²) in [6.45, 7) is 2.37. The molecule has 3 unspecified atom stereocenters. The summed E-state index contributed by atoms with van der Waals surface area (Å²) in [6.07, 6.45) is 41.0. The molecule has 0 spiro atoms. The molecule has 0 heterocycles. The second-order valence-electron chi connectivity index (χ2n) is 13.4. The van der Waals surface area contributed by atoms with Gasteiger partial charge in [0, 0.05) is 12.8 Å². The molecule has 3 atom stereocenters. The van der Waals surface area contributed by atoms with Crippen LogP contribution in [-0.4, -0.2) is 64.9 Å². The minimum Gasteiger partial charge on any atom is -0.480 e. The van der Waals surface area contributed by atoms with Crippen molar-refractivity contribution in [2.45, 2.75) is 167 Å². The molecule has 1 amide bonds. The highest BCUT2D eigenvalue weighted by Crippen LogP contribution is 2.43. The van der Waals surface area contributed by atoms with E-state index >= 15 is 0 Å². The molecule has 0 saturated heterocycles. The Bertz CT molecular complexity index is 1150. The fourth-order valence-corrected chi connectivity index (χ4v) is 5.90. The lowest BCUT2D eigenvalue weighted by Gasteiger charge is -2.18. The zero-order valence-electron chi connectivity index (χ0n) is 33.3. The molecular weight excluding hydrogens is 709 g/mol. The first-order valence-corrected chi connectivity index (χ1v) is 21.8. The van der Waals surface area contributed by atoms with Gasteiger partial charge >= 0.3 is 19.8 Å². The molecule has 0 aromatic carbocycles. The fourth-order valence-electron chi connectivity index (χ4n) is 5.13. The van der Waals surface area contributed by atoms with Crippen molar-refractivity contribution in [1.29, 1.82) is 0 Å². The molecule has 0 fully saturated rings. The lowest BCUT2D eigenvalue weighted by Crippen LogP contribution is -2.43.